The van der Waals surface area contributed by atoms with E-state index in [9.17, 15) is 8.78 Å². The molecule has 0 unspecified atom stereocenters. The summed E-state index contributed by atoms with van der Waals surface area (Å²) in [6.07, 6.45) is 0. The Labute approximate surface area is 91.3 Å². The van der Waals surface area contributed by atoms with Gasteiger partial charge in [0.05, 0.1) is 4.47 Å². The molecule has 0 aromatic heterocycles. The summed E-state index contributed by atoms with van der Waals surface area (Å²) < 4.78 is 31.4. The molecule has 0 N–H and O–H groups in total. The molecule has 0 aliphatic rings. The van der Waals surface area contributed by atoms with Gasteiger partial charge in [0.2, 0.25) is 8.32 Å². The second-order valence-electron chi connectivity index (χ2n) is 3.92. The molecule has 0 atom stereocenters. The standard InChI is InChI=1S/C9H11BrF2OSi/c1-14(2,3)13-6-4-7(11)9(10)8(12)5-6/h4-5H,1-3H3. The van der Waals surface area contributed by atoms with Crippen molar-refractivity contribution in [3.05, 3.63) is 28.2 Å². The summed E-state index contributed by atoms with van der Waals surface area (Å²) in [6.45, 7) is 5.85. The number of rotatable bonds is 2. The van der Waals surface area contributed by atoms with Gasteiger partial charge in [0.15, 0.2) is 0 Å². The van der Waals surface area contributed by atoms with Gasteiger partial charge < -0.3 is 4.43 Å². The van der Waals surface area contributed by atoms with Crippen molar-refractivity contribution in [2.45, 2.75) is 19.6 Å². The van der Waals surface area contributed by atoms with Crippen LogP contribution >= 0.6 is 15.9 Å². The second-order valence-corrected chi connectivity index (χ2v) is 9.14. The Morgan fingerprint density at radius 3 is 1.93 bits per heavy atom. The molecule has 0 heterocycles. The highest BCUT2D eigenvalue weighted by Gasteiger charge is 2.18. The average molecular weight is 281 g/mol. The molecule has 5 heteroatoms. The van der Waals surface area contributed by atoms with Crippen LogP contribution in [0.5, 0.6) is 5.75 Å². The fourth-order valence-electron chi connectivity index (χ4n) is 0.945. The lowest BCUT2D eigenvalue weighted by Gasteiger charge is -2.19. The van der Waals surface area contributed by atoms with E-state index < -0.39 is 20.0 Å². The van der Waals surface area contributed by atoms with Crippen LogP contribution in [0.1, 0.15) is 0 Å². The SMILES string of the molecule is C[Si](C)(C)Oc1cc(F)c(Br)c(F)c1. The maximum absolute atomic E-state index is 13.1. The molecule has 1 aromatic rings. The minimum atomic E-state index is -1.81. The molecule has 0 bridgehead atoms. The van der Waals surface area contributed by atoms with E-state index in [0.29, 0.717) is 0 Å². The van der Waals surface area contributed by atoms with E-state index >= 15 is 0 Å². The van der Waals surface area contributed by atoms with Crippen molar-refractivity contribution in [1.82, 2.24) is 0 Å². The van der Waals surface area contributed by atoms with E-state index in [1.54, 1.807) is 0 Å². The summed E-state index contributed by atoms with van der Waals surface area (Å²) in [5.74, 6) is -1.03. The molecule has 78 valence electrons. The van der Waals surface area contributed by atoms with Gasteiger partial charge in [0.1, 0.15) is 17.4 Å². The molecule has 14 heavy (non-hydrogen) atoms. The first-order valence-electron chi connectivity index (χ1n) is 4.13. The Bertz CT molecular complexity index is 326. The summed E-state index contributed by atoms with van der Waals surface area (Å²) in [4.78, 5) is 0. The van der Waals surface area contributed by atoms with Gasteiger partial charge in [-0.1, -0.05) is 0 Å². The summed E-state index contributed by atoms with van der Waals surface area (Å²) in [5, 5.41) is 0. The summed E-state index contributed by atoms with van der Waals surface area (Å²) >= 11 is 2.80. The molecular formula is C9H11BrF2OSi. The van der Waals surface area contributed by atoms with Crippen molar-refractivity contribution in [1.29, 1.82) is 0 Å². The van der Waals surface area contributed by atoms with Gasteiger partial charge >= 0.3 is 0 Å². The second kappa shape index (κ2) is 3.98. The molecule has 1 rings (SSSR count). The molecule has 0 saturated carbocycles. The van der Waals surface area contributed by atoms with Crippen LogP contribution in [-0.2, 0) is 0 Å². The fourth-order valence-corrected chi connectivity index (χ4v) is 2.00. The predicted octanol–water partition coefficient (Wildman–Crippen LogP) is 3.94. The third-order valence-electron chi connectivity index (χ3n) is 1.38. The monoisotopic (exact) mass is 280 g/mol. The van der Waals surface area contributed by atoms with Gasteiger partial charge in [0.25, 0.3) is 0 Å². The van der Waals surface area contributed by atoms with Gasteiger partial charge in [-0.05, 0) is 35.6 Å². The maximum atomic E-state index is 13.1. The molecule has 0 fully saturated rings. The Kier molecular flexibility index (Phi) is 3.31. The lowest BCUT2D eigenvalue weighted by molar-refractivity contribution is 0.520. The normalized spacial score (nSPS) is 11.6. The lowest BCUT2D eigenvalue weighted by Crippen LogP contribution is -2.29. The van der Waals surface area contributed by atoms with Crippen molar-refractivity contribution in [3.8, 4) is 5.75 Å². The molecule has 0 aliphatic carbocycles. The van der Waals surface area contributed by atoms with Crippen LogP contribution in [0.2, 0.25) is 19.6 Å². The van der Waals surface area contributed by atoms with Crippen LogP contribution in [-0.4, -0.2) is 8.32 Å². The highest BCUT2D eigenvalue weighted by atomic mass is 79.9. The minimum absolute atomic E-state index is 0.152. The zero-order valence-corrected chi connectivity index (χ0v) is 10.8. The van der Waals surface area contributed by atoms with E-state index in [1.165, 1.54) is 12.1 Å². The molecule has 1 aromatic carbocycles. The van der Waals surface area contributed by atoms with Gasteiger partial charge in [-0.3, -0.25) is 0 Å². The zero-order chi connectivity index (χ0) is 10.9. The predicted molar refractivity (Wildman–Crippen MR) is 58.0 cm³/mol. The van der Waals surface area contributed by atoms with E-state index in [-0.39, 0.29) is 10.2 Å². The molecule has 1 nitrogen and oxygen atoms in total. The number of benzene rings is 1. The smallest absolute Gasteiger partial charge is 0.242 e. The largest absolute Gasteiger partial charge is 0.544 e. The van der Waals surface area contributed by atoms with Gasteiger partial charge in [0, 0.05) is 12.1 Å². The van der Waals surface area contributed by atoms with E-state index in [1.807, 2.05) is 19.6 Å². The van der Waals surface area contributed by atoms with Crippen molar-refractivity contribution >= 4 is 24.2 Å². The van der Waals surface area contributed by atoms with Crippen LogP contribution < -0.4 is 4.43 Å². The minimum Gasteiger partial charge on any atom is -0.544 e. The molecule has 0 aliphatic heterocycles. The zero-order valence-electron chi connectivity index (χ0n) is 8.20. The summed E-state index contributed by atoms with van der Waals surface area (Å²) in [7, 11) is -1.81. The van der Waals surface area contributed by atoms with Crippen LogP contribution in [0.25, 0.3) is 0 Å². The van der Waals surface area contributed by atoms with Crippen LogP contribution in [0.15, 0.2) is 16.6 Å². The lowest BCUT2D eigenvalue weighted by atomic mass is 10.3. The van der Waals surface area contributed by atoms with Crippen LogP contribution in [0, 0.1) is 11.6 Å². The highest BCUT2D eigenvalue weighted by Crippen LogP contribution is 2.26. The molecule has 0 amide bonds. The molecular weight excluding hydrogens is 270 g/mol. The maximum Gasteiger partial charge on any atom is 0.242 e. The number of halogens is 3. The Morgan fingerprint density at radius 2 is 1.57 bits per heavy atom. The first-order valence-corrected chi connectivity index (χ1v) is 8.33. The van der Waals surface area contributed by atoms with Crippen molar-refractivity contribution in [2.75, 3.05) is 0 Å². The van der Waals surface area contributed by atoms with E-state index in [0.717, 1.165) is 0 Å². The Morgan fingerprint density at radius 1 is 1.14 bits per heavy atom. The van der Waals surface area contributed by atoms with Crippen molar-refractivity contribution in [2.24, 2.45) is 0 Å². The van der Waals surface area contributed by atoms with E-state index in [4.69, 9.17) is 4.43 Å². The first-order chi connectivity index (χ1) is 6.29. The van der Waals surface area contributed by atoms with Gasteiger partial charge in [-0.2, -0.15) is 0 Å². The highest BCUT2D eigenvalue weighted by molar-refractivity contribution is 9.10. The van der Waals surface area contributed by atoms with Crippen LogP contribution in [0.3, 0.4) is 0 Å². The summed E-state index contributed by atoms with van der Waals surface area (Å²) in [5.41, 5.74) is 0. The number of hydrogen-bond donors (Lipinski definition) is 0. The van der Waals surface area contributed by atoms with E-state index in [2.05, 4.69) is 15.9 Å². The average Bonchev–Trinajstić information content (AvgIpc) is 1.96. The molecule has 0 radical (unpaired) electrons. The summed E-state index contributed by atoms with van der Waals surface area (Å²) in [6, 6.07) is 2.37. The Hall–Kier alpha value is -0.423. The quantitative estimate of drug-likeness (QED) is 0.589. The Balaban J connectivity index is 3.02. The molecule has 0 saturated heterocycles. The first kappa shape index (κ1) is 11.7. The van der Waals surface area contributed by atoms with Crippen molar-refractivity contribution in [3.63, 3.8) is 0 Å². The van der Waals surface area contributed by atoms with Gasteiger partial charge in [-0.15, -0.1) is 0 Å². The number of hydrogen-bond acceptors (Lipinski definition) is 1. The third-order valence-corrected chi connectivity index (χ3v) is 2.99. The van der Waals surface area contributed by atoms with Crippen molar-refractivity contribution < 1.29 is 13.2 Å². The molecule has 0 spiro atoms. The topological polar surface area (TPSA) is 9.23 Å². The van der Waals surface area contributed by atoms with Gasteiger partial charge in [-0.25, -0.2) is 8.78 Å². The van der Waals surface area contributed by atoms with Crippen LogP contribution in [0.4, 0.5) is 8.78 Å². The third kappa shape index (κ3) is 3.06. The fraction of sp³-hybridized carbons (Fsp3) is 0.333.